The van der Waals surface area contributed by atoms with Crippen LogP contribution in [-0.2, 0) is 24.0 Å². The quantitative estimate of drug-likeness (QED) is 0.847. The van der Waals surface area contributed by atoms with Crippen molar-refractivity contribution in [2.45, 2.75) is 24.0 Å². The molecule has 0 unspecified atom stereocenters. The van der Waals surface area contributed by atoms with Gasteiger partial charge in [-0.1, -0.05) is 12.1 Å². The van der Waals surface area contributed by atoms with Crippen molar-refractivity contribution in [3.8, 4) is 0 Å². The van der Waals surface area contributed by atoms with Crippen molar-refractivity contribution in [1.29, 1.82) is 0 Å². The fourth-order valence-electron chi connectivity index (χ4n) is 1.60. The van der Waals surface area contributed by atoms with Gasteiger partial charge in [-0.25, -0.2) is 0 Å². The Morgan fingerprint density at radius 1 is 1.32 bits per heavy atom. The summed E-state index contributed by atoms with van der Waals surface area (Å²) >= 11 is 1.66. The number of rotatable bonds is 5. The van der Waals surface area contributed by atoms with E-state index in [4.69, 9.17) is 5.11 Å². The maximum atomic E-state index is 10.6. The summed E-state index contributed by atoms with van der Waals surface area (Å²) in [6.07, 6.45) is 0.0629. The number of carboxylic acids is 1. The number of aryl methyl sites for hydroxylation is 1. The molecule has 0 saturated carbocycles. The van der Waals surface area contributed by atoms with E-state index < -0.39 is 5.97 Å². The summed E-state index contributed by atoms with van der Waals surface area (Å²) < 4.78 is 1.96. The molecule has 0 atom stereocenters. The van der Waals surface area contributed by atoms with E-state index in [-0.39, 0.29) is 6.42 Å². The molecule has 0 radical (unpaired) electrons. The summed E-state index contributed by atoms with van der Waals surface area (Å²) in [6.45, 7) is 1.92. The maximum absolute atomic E-state index is 10.6. The van der Waals surface area contributed by atoms with Gasteiger partial charge in [-0.3, -0.25) is 4.79 Å². The normalized spacial score (nSPS) is 10.6. The number of hydrogen-bond donors (Lipinski definition) is 1. The van der Waals surface area contributed by atoms with Crippen LogP contribution < -0.4 is 0 Å². The highest BCUT2D eigenvalue weighted by molar-refractivity contribution is 7.98. The molecule has 6 heteroatoms. The SMILES string of the molecule is Cc1nnc(CSc2ccc(CC(=O)O)cc2)n1C. The van der Waals surface area contributed by atoms with Gasteiger partial charge in [-0.2, -0.15) is 0 Å². The third-order valence-electron chi connectivity index (χ3n) is 2.83. The topological polar surface area (TPSA) is 68.0 Å². The third-order valence-corrected chi connectivity index (χ3v) is 3.84. The Morgan fingerprint density at radius 2 is 2.00 bits per heavy atom. The standard InChI is InChI=1S/C13H15N3O2S/c1-9-14-15-12(16(9)2)8-19-11-5-3-10(4-6-11)7-13(17)18/h3-6H,7-8H2,1-2H3,(H,17,18). The minimum atomic E-state index is -0.810. The zero-order chi connectivity index (χ0) is 13.8. The second kappa shape index (κ2) is 5.88. The first-order valence-electron chi connectivity index (χ1n) is 5.84. The van der Waals surface area contributed by atoms with Crippen LogP contribution in [0.1, 0.15) is 17.2 Å². The number of benzene rings is 1. The Morgan fingerprint density at radius 3 is 2.53 bits per heavy atom. The van der Waals surface area contributed by atoms with Crippen LogP contribution in [0.4, 0.5) is 0 Å². The fraction of sp³-hybridized carbons (Fsp3) is 0.308. The molecule has 0 aliphatic rings. The van der Waals surface area contributed by atoms with Crippen LogP contribution in [0.15, 0.2) is 29.2 Å². The molecule has 0 aliphatic carbocycles. The minimum absolute atomic E-state index is 0.0629. The highest BCUT2D eigenvalue weighted by Gasteiger charge is 2.06. The molecule has 0 spiro atoms. The molecule has 0 aliphatic heterocycles. The van der Waals surface area contributed by atoms with Gasteiger partial charge in [0.2, 0.25) is 0 Å². The van der Waals surface area contributed by atoms with Gasteiger partial charge < -0.3 is 9.67 Å². The molecule has 19 heavy (non-hydrogen) atoms. The van der Waals surface area contributed by atoms with Crippen LogP contribution in [0.2, 0.25) is 0 Å². The van der Waals surface area contributed by atoms with Crippen molar-refractivity contribution < 1.29 is 9.90 Å². The van der Waals surface area contributed by atoms with Crippen molar-refractivity contribution in [1.82, 2.24) is 14.8 Å². The van der Waals surface area contributed by atoms with Gasteiger partial charge >= 0.3 is 5.97 Å². The van der Waals surface area contributed by atoms with Crippen LogP contribution in [0.25, 0.3) is 0 Å². The van der Waals surface area contributed by atoms with Crippen LogP contribution in [0.5, 0.6) is 0 Å². The van der Waals surface area contributed by atoms with E-state index in [1.807, 2.05) is 42.8 Å². The van der Waals surface area contributed by atoms with Crippen LogP contribution in [0, 0.1) is 6.92 Å². The van der Waals surface area contributed by atoms with Crippen molar-refractivity contribution >= 4 is 17.7 Å². The van der Waals surface area contributed by atoms with Crippen LogP contribution in [0.3, 0.4) is 0 Å². The van der Waals surface area contributed by atoms with Crippen LogP contribution >= 0.6 is 11.8 Å². The summed E-state index contributed by atoms with van der Waals surface area (Å²) in [7, 11) is 1.95. The lowest BCUT2D eigenvalue weighted by Crippen LogP contribution is -1.99. The highest BCUT2D eigenvalue weighted by atomic mass is 32.2. The van der Waals surface area contributed by atoms with Crippen LogP contribution in [-0.4, -0.2) is 25.8 Å². The van der Waals surface area contributed by atoms with E-state index in [0.29, 0.717) is 0 Å². The zero-order valence-corrected chi connectivity index (χ0v) is 11.6. The molecule has 1 aromatic heterocycles. The lowest BCUT2D eigenvalue weighted by molar-refractivity contribution is -0.136. The highest BCUT2D eigenvalue weighted by Crippen LogP contribution is 2.22. The second-order valence-corrected chi connectivity index (χ2v) is 5.27. The van der Waals surface area contributed by atoms with E-state index in [0.717, 1.165) is 27.9 Å². The number of aromatic nitrogens is 3. The molecular formula is C13H15N3O2S. The van der Waals surface area contributed by atoms with Crippen molar-refractivity contribution in [2.75, 3.05) is 0 Å². The predicted molar refractivity (Wildman–Crippen MR) is 73.1 cm³/mol. The Bertz CT molecular complexity index is 578. The van der Waals surface area contributed by atoms with E-state index in [2.05, 4.69) is 10.2 Å². The summed E-state index contributed by atoms with van der Waals surface area (Å²) in [5, 5.41) is 16.8. The molecular weight excluding hydrogens is 262 g/mol. The summed E-state index contributed by atoms with van der Waals surface area (Å²) in [6, 6.07) is 7.56. The average molecular weight is 277 g/mol. The van der Waals surface area contributed by atoms with Crippen molar-refractivity contribution in [3.63, 3.8) is 0 Å². The monoisotopic (exact) mass is 277 g/mol. The molecule has 1 N–H and O–H groups in total. The number of carbonyl (C=O) groups is 1. The van der Waals surface area contributed by atoms with Gasteiger partial charge in [0.25, 0.3) is 0 Å². The minimum Gasteiger partial charge on any atom is -0.481 e. The maximum Gasteiger partial charge on any atom is 0.307 e. The first kappa shape index (κ1) is 13.6. The third kappa shape index (κ3) is 3.57. The number of carboxylic acid groups (broad SMARTS) is 1. The molecule has 0 fully saturated rings. The molecule has 5 nitrogen and oxygen atoms in total. The van der Waals surface area contributed by atoms with Gasteiger partial charge in [0.05, 0.1) is 12.2 Å². The van der Waals surface area contributed by atoms with E-state index in [1.165, 1.54) is 0 Å². The Hall–Kier alpha value is -1.82. The molecule has 0 amide bonds. The number of hydrogen-bond acceptors (Lipinski definition) is 4. The van der Waals surface area contributed by atoms with Gasteiger partial charge in [0.15, 0.2) is 0 Å². The number of nitrogens with zero attached hydrogens (tertiary/aromatic N) is 3. The Balaban J connectivity index is 1.96. The first-order valence-corrected chi connectivity index (χ1v) is 6.83. The van der Waals surface area contributed by atoms with Gasteiger partial charge in [-0.05, 0) is 24.6 Å². The molecule has 2 aromatic rings. The van der Waals surface area contributed by atoms with Gasteiger partial charge in [-0.15, -0.1) is 22.0 Å². The van der Waals surface area contributed by atoms with Gasteiger partial charge in [0.1, 0.15) is 11.6 Å². The van der Waals surface area contributed by atoms with E-state index in [9.17, 15) is 4.79 Å². The molecule has 0 bridgehead atoms. The van der Waals surface area contributed by atoms with Gasteiger partial charge in [0, 0.05) is 11.9 Å². The smallest absolute Gasteiger partial charge is 0.307 e. The predicted octanol–water partition coefficient (Wildman–Crippen LogP) is 2.04. The van der Waals surface area contributed by atoms with E-state index >= 15 is 0 Å². The zero-order valence-electron chi connectivity index (χ0n) is 10.8. The lowest BCUT2D eigenvalue weighted by Gasteiger charge is -2.03. The molecule has 1 heterocycles. The fourth-order valence-corrected chi connectivity index (χ4v) is 2.48. The molecule has 1 aromatic carbocycles. The lowest BCUT2D eigenvalue weighted by atomic mass is 10.2. The first-order chi connectivity index (χ1) is 9.06. The Kier molecular flexibility index (Phi) is 4.21. The Labute approximate surface area is 115 Å². The van der Waals surface area contributed by atoms with Crippen molar-refractivity contribution in [3.05, 3.63) is 41.5 Å². The summed E-state index contributed by atoms with van der Waals surface area (Å²) in [4.78, 5) is 11.7. The summed E-state index contributed by atoms with van der Waals surface area (Å²) in [5.74, 6) is 1.76. The number of thioether (sulfide) groups is 1. The largest absolute Gasteiger partial charge is 0.481 e. The molecule has 2 rings (SSSR count). The molecule has 100 valence electrons. The average Bonchev–Trinajstić information content (AvgIpc) is 2.69. The number of aliphatic carboxylic acids is 1. The van der Waals surface area contributed by atoms with Crippen molar-refractivity contribution in [2.24, 2.45) is 7.05 Å². The summed E-state index contributed by atoms with van der Waals surface area (Å²) in [5.41, 5.74) is 0.811. The second-order valence-electron chi connectivity index (χ2n) is 4.23. The molecule has 0 saturated heterocycles. The van der Waals surface area contributed by atoms with E-state index in [1.54, 1.807) is 11.8 Å².